The molecule has 1 aromatic carbocycles. The first-order valence-corrected chi connectivity index (χ1v) is 6.37. The second-order valence-electron chi connectivity index (χ2n) is 4.90. The van der Waals surface area contributed by atoms with Gasteiger partial charge in [-0.1, -0.05) is 35.5 Å². The van der Waals surface area contributed by atoms with Crippen LogP contribution in [0.4, 0.5) is 0 Å². The third-order valence-electron chi connectivity index (χ3n) is 2.92. The molecular formula is C14H18N4O2. The Balaban J connectivity index is 2.16. The Hall–Kier alpha value is -2.21. The molecular weight excluding hydrogens is 256 g/mol. The summed E-state index contributed by atoms with van der Waals surface area (Å²) in [6.07, 6.45) is 0. The van der Waals surface area contributed by atoms with E-state index in [-0.39, 0.29) is 17.6 Å². The second-order valence-corrected chi connectivity index (χ2v) is 4.90. The lowest BCUT2D eigenvalue weighted by atomic mass is 10.1. The molecule has 2 aromatic rings. The maximum Gasteiger partial charge on any atom is 0.276 e. The standard InChI is InChI=1S/C14H18N4O2/c1-10-13(17-20-16-10)14(19)15-12(9-18(2)3)11-7-5-4-6-8-11/h4-8,12H,9H2,1-3H3,(H,15,19). The first-order valence-electron chi connectivity index (χ1n) is 6.37. The molecule has 1 aromatic heterocycles. The number of aryl methyl sites for hydroxylation is 1. The van der Waals surface area contributed by atoms with Gasteiger partial charge in [0, 0.05) is 6.54 Å². The number of hydrogen-bond acceptors (Lipinski definition) is 5. The Labute approximate surface area is 117 Å². The van der Waals surface area contributed by atoms with Gasteiger partial charge in [-0.2, -0.15) is 0 Å². The molecule has 106 valence electrons. The van der Waals surface area contributed by atoms with E-state index in [1.807, 2.05) is 49.3 Å². The minimum atomic E-state index is -0.278. The molecule has 1 heterocycles. The lowest BCUT2D eigenvalue weighted by Gasteiger charge is -2.22. The van der Waals surface area contributed by atoms with Gasteiger partial charge >= 0.3 is 0 Å². The van der Waals surface area contributed by atoms with Crippen molar-refractivity contribution in [1.82, 2.24) is 20.5 Å². The van der Waals surface area contributed by atoms with Gasteiger partial charge in [-0.15, -0.1) is 0 Å². The molecule has 0 radical (unpaired) electrons. The fourth-order valence-electron chi connectivity index (χ4n) is 1.95. The normalized spacial score (nSPS) is 12.4. The topological polar surface area (TPSA) is 71.3 Å². The third kappa shape index (κ3) is 3.42. The largest absolute Gasteiger partial charge is 0.342 e. The van der Waals surface area contributed by atoms with Crippen molar-refractivity contribution in [2.45, 2.75) is 13.0 Å². The van der Waals surface area contributed by atoms with E-state index in [9.17, 15) is 4.79 Å². The third-order valence-corrected chi connectivity index (χ3v) is 2.92. The van der Waals surface area contributed by atoms with E-state index >= 15 is 0 Å². The van der Waals surface area contributed by atoms with Crippen molar-refractivity contribution in [3.8, 4) is 0 Å². The van der Waals surface area contributed by atoms with Crippen molar-refractivity contribution in [2.75, 3.05) is 20.6 Å². The first kappa shape index (κ1) is 14.2. The van der Waals surface area contributed by atoms with Crippen LogP contribution in [0.2, 0.25) is 0 Å². The van der Waals surface area contributed by atoms with Crippen molar-refractivity contribution >= 4 is 5.91 Å². The zero-order chi connectivity index (χ0) is 14.5. The summed E-state index contributed by atoms with van der Waals surface area (Å²) in [5, 5.41) is 10.2. The van der Waals surface area contributed by atoms with Crippen LogP contribution >= 0.6 is 0 Å². The number of carbonyl (C=O) groups is 1. The summed E-state index contributed by atoms with van der Waals surface area (Å²) < 4.78 is 4.56. The molecule has 0 aliphatic rings. The molecule has 0 aliphatic carbocycles. The molecule has 2 rings (SSSR count). The number of rotatable bonds is 5. The highest BCUT2D eigenvalue weighted by atomic mass is 16.6. The van der Waals surface area contributed by atoms with Gasteiger partial charge in [0.1, 0.15) is 5.69 Å². The number of likely N-dealkylation sites (N-methyl/N-ethyl adjacent to an activating group) is 1. The van der Waals surface area contributed by atoms with E-state index in [2.05, 4.69) is 20.3 Å². The van der Waals surface area contributed by atoms with Crippen molar-refractivity contribution in [3.63, 3.8) is 0 Å². The molecule has 1 unspecified atom stereocenters. The highest BCUT2D eigenvalue weighted by Crippen LogP contribution is 2.14. The summed E-state index contributed by atoms with van der Waals surface area (Å²) in [4.78, 5) is 14.2. The Morgan fingerprint density at radius 3 is 2.55 bits per heavy atom. The number of nitrogens with one attached hydrogen (secondary N) is 1. The second kappa shape index (κ2) is 6.29. The number of amides is 1. The van der Waals surface area contributed by atoms with E-state index < -0.39 is 0 Å². The SMILES string of the molecule is Cc1nonc1C(=O)NC(CN(C)C)c1ccccc1. The molecule has 0 saturated heterocycles. The minimum Gasteiger partial charge on any atom is -0.342 e. The van der Waals surface area contributed by atoms with Crippen molar-refractivity contribution in [2.24, 2.45) is 0 Å². The van der Waals surface area contributed by atoms with Gasteiger partial charge < -0.3 is 10.2 Å². The van der Waals surface area contributed by atoms with Crippen LogP contribution in [0.5, 0.6) is 0 Å². The molecule has 20 heavy (non-hydrogen) atoms. The predicted octanol–water partition coefficient (Wildman–Crippen LogP) is 1.41. The van der Waals surface area contributed by atoms with Crippen molar-refractivity contribution in [3.05, 3.63) is 47.3 Å². The molecule has 1 atom stereocenters. The van der Waals surface area contributed by atoms with Crippen LogP contribution in [0.15, 0.2) is 35.0 Å². The lowest BCUT2D eigenvalue weighted by molar-refractivity contribution is 0.0919. The van der Waals surface area contributed by atoms with Gasteiger partial charge in [0.15, 0.2) is 5.69 Å². The zero-order valence-electron chi connectivity index (χ0n) is 11.8. The number of carbonyl (C=O) groups excluding carboxylic acids is 1. The minimum absolute atomic E-state index is 0.116. The van der Waals surface area contributed by atoms with Gasteiger partial charge in [0.05, 0.1) is 6.04 Å². The summed E-state index contributed by atoms with van der Waals surface area (Å²) in [6.45, 7) is 2.38. The van der Waals surface area contributed by atoms with Crippen molar-refractivity contribution in [1.29, 1.82) is 0 Å². The van der Waals surface area contributed by atoms with E-state index in [1.54, 1.807) is 6.92 Å². The van der Waals surface area contributed by atoms with Gasteiger partial charge in [-0.3, -0.25) is 4.79 Å². The lowest BCUT2D eigenvalue weighted by Crippen LogP contribution is -2.35. The molecule has 0 fully saturated rings. The summed E-state index contributed by atoms with van der Waals surface area (Å²) in [7, 11) is 3.93. The van der Waals surface area contributed by atoms with E-state index in [0.717, 1.165) is 5.56 Å². The highest BCUT2D eigenvalue weighted by Gasteiger charge is 2.20. The quantitative estimate of drug-likeness (QED) is 0.892. The van der Waals surface area contributed by atoms with Crippen molar-refractivity contribution < 1.29 is 9.42 Å². The average Bonchev–Trinajstić information content (AvgIpc) is 2.85. The van der Waals surface area contributed by atoms with Crippen LogP contribution < -0.4 is 5.32 Å². The molecule has 1 amide bonds. The number of aromatic nitrogens is 2. The van der Waals surface area contributed by atoms with Crippen LogP contribution in [0.25, 0.3) is 0 Å². The molecule has 0 spiro atoms. The first-order chi connectivity index (χ1) is 9.58. The molecule has 6 nitrogen and oxygen atoms in total. The fraction of sp³-hybridized carbons (Fsp3) is 0.357. The van der Waals surface area contributed by atoms with Crippen LogP contribution in [-0.2, 0) is 0 Å². The van der Waals surface area contributed by atoms with Crippen LogP contribution in [-0.4, -0.2) is 41.8 Å². The highest BCUT2D eigenvalue weighted by molar-refractivity contribution is 5.93. The maximum absolute atomic E-state index is 12.2. The Kier molecular flexibility index (Phi) is 4.47. The molecule has 0 saturated carbocycles. The van der Waals surface area contributed by atoms with Crippen LogP contribution in [0.1, 0.15) is 27.8 Å². The Morgan fingerprint density at radius 1 is 1.30 bits per heavy atom. The number of nitrogens with zero attached hydrogens (tertiary/aromatic N) is 3. The number of benzene rings is 1. The number of hydrogen-bond donors (Lipinski definition) is 1. The van der Waals surface area contributed by atoms with Gasteiger partial charge in [0.2, 0.25) is 0 Å². The van der Waals surface area contributed by atoms with Crippen LogP contribution in [0, 0.1) is 6.92 Å². The van der Waals surface area contributed by atoms with Gasteiger partial charge in [0.25, 0.3) is 5.91 Å². The Bertz CT molecular complexity index is 566. The molecule has 0 aliphatic heterocycles. The monoisotopic (exact) mass is 274 g/mol. The summed E-state index contributed by atoms with van der Waals surface area (Å²) in [5.41, 5.74) is 1.76. The average molecular weight is 274 g/mol. The van der Waals surface area contributed by atoms with Gasteiger partial charge in [-0.25, -0.2) is 4.63 Å². The van der Waals surface area contributed by atoms with Gasteiger partial charge in [-0.05, 0) is 31.7 Å². The smallest absolute Gasteiger partial charge is 0.276 e. The summed E-state index contributed by atoms with van der Waals surface area (Å²) in [6, 6.07) is 9.71. The molecule has 1 N–H and O–H groups in total. The summed E-state index contributed by atoms with van der Waals surface area (Å²) in [5.74, 6) is -0.278. The zero-order valence-corrected chi connectivity index (χ0v) is 11.8. The van der Waals surface area contributed by atoms with E-state index in [0.29, 0.717) is 12.2 Å². The predicted molar refractivity (Wildman–Crippen MR) is 74.2 cm³/mol. The maximum atomic E-state index is 12.2. The van der Waals surface area contributed by atoms with Crippen LogP contribution in [0.3, 0.4) is 0 Å². The Morgan fingerprint density at radius 2 is 2.00 bits per heavy atom. The fourth-order valence-corrected chi connectivity index (χ4v) is 1.95. The summed E-state index contributed by atoms with van der Waals surface area (Å²) >= 11 is 0. The van der Waals surface area contributed by atoms with E-state index in [1.165, 1.54) is 0 Å². The van der Waals surface area contributed by atoms with E-state index in [4.69, 9.17) is 0 Å². The molecule has 6 heteroatoms. The molecule has 0 bridgehead atoms.